The normalized spacial score (nSPS) is 10.5. The number of nitrogens with one attached hydrogen (secondary N) is 1. The number of hydrogen-bond acceptors (Lipinski definition) is 5. The highest BCUT2D eigenvalue weighted by molar-refractivity contribution is 7.16. The van der Waals surface area contributed by atoms with Gasteiger partial charge in [-0.05, 0) is 5.56 Å². The van der Waals surface area contributed by atoms with Gasteiger partial charge in [0.15, 0.2) is 0 Å². The maximum Gasteiger partial charge on any atom is 0.205 e. The zero-order valence-electron chi connectivity index (χ0n) is 11.6. The Bertz CT molecular complexity index is 817. The van der Waals surface area contributed by atoms with E-state index in [2.05, 4.69) is 21.6 Å². The van der Waals surface area contributed by atoms with Crippen molar-refractivity contribution in [1.29, 1.82) is 5.26 Å². The minimum Gasteiger partial charge on any atom is -0.253 e. The molecule has 0 fully saturated rings. The van der Waals surface area contributed by atoms with Crippen LogP contribution in [-0.4, -0.2) is 11.2 Å². The summed E-state index contributed by atoms with van der Waals surface area (Å²) < 4.78 is 0. The minimum atomic E-state index is 0.573. The Morgan fingerprint density at radius 1 is 1.05 bits per heavy atom. The molecular weight excluding hydrogens is 292 g/mol. The SMILES string of the molecule is N#Cc1sc(N/N=C/c2ccccc2)nc1-c1ccccc1. The number of rotatable bonds is 4. The highest BCUT2D eigenvalue weighted by Crippen LogP contribution is 2.30. The van der Waals surface area contributed by atoms with Gasteiger partial charge in [-0.2, -0.15) is 10.4 Å². The van der Waals surface area contributed by atoms with Gasteiger partial charge in [-0.1, -0.05) is 72.0 Å². The third kappa shape index (κ3) is 3.19. The van der Waals surface area contributed by atoms with E-state index in [1.807, 2.05) is 60.7 Å². The summed E-state index contributed by atoms with van der Waals surface area (Å²) >= 11 is 1.29. The lowest BCUT2D eigenvalue weighted by Gasteiger charge is -1.96. The fourth-order valence-electron chi connectivity index (χ4n) is 1.94. The maximum absolute atomic E-state index is 9.25. The Kier molecular flexibility index (Phi) is 4.23. The van der Waals surface area contributed by atoms with Crippen molar-refractivity contribution in [3.63, 3.8) is 0 Å². The van der Waals surface area contributed by atoms with Gasteiger partial charge >= 0.3 is 0 Å². The van der Waals surface area contributed by atoms with Crippen molar-refractivity contribution in [2.24, 2.45) is 5.10 Å². The van der Waals surface area contributed by atoms with E-state index < -0.39 is 0 Å². The fourth-order valence-corrected chi connectivity index (χ4v) is 2.67. The van der Waals surface area contributed by atoms with Crippen LogP contribution in [0.1, 0.15) is 10.4 Å². The summed E-state index contributed by atoms with van der Waals surface area (Å²) in [6.07, 6.45) is 1.72. The molecule has 0 saturated heterocycles. The molecular formula is C17H12N4S. The van der Waals surface area contributed by atoms with E-state index in [0.717, 1.165) is 11.1 Å². The van der Waals surface area contributed by atoms with Crippen molar-refractivity contribution in [2.45, 2.75) is 0 Å². The van der Waals surface area contributed by atoms with E-state index in [0.29, 0.717) is 15.7 Å². The maximum atomic E-state index is 9.25. The van der Waals surface area contributed by atoms with Crippen molar-refractivity contribution in [1.82, 2.24) is 4.98 Å². The number of thiazole rings is 1. The Balaban J connectivity index is 1.80. The molecule has 0 saturated carbocycles. The topological polar surface area (TPSA) is 61.1 Å². The zero-order chi connectivity index (χ0) is 15.2. The summed E-state index contributed by atoms with van der Waals surface area (Å²) in [6.45, 7) is 0. The fraction of sp³-hybridized carbons (Fsp3) is 0. The van der Waals surface area contributed by atoms with Crippen LogP contribution in [0.15, 0.2) is 65.8 Å². The summed E-state index contributed by atoms with van der Waals surface area (Å²) in [7, 11) is 0. The summed E-state index contributed by atoms with van der Waals surface area (Å²) in [5, 5.41) is 14.0. The number of hydrazone groups is 1. The molecule has 1 N–H and O–H groups in total. The van der Waals surface area contributed by atoms with Crippen LogP contribution in [0.2, 0.25) is 0 Å². The molecule has 2 aromatic carbocycles. The number of benzene rings is 2. The molecule has 0 amide bonds. The van der Waals surface area contributed by atoms with Crippen LogP contribution < -0.4 is 5.43 Å². The largest absolute Gasteiger partial charge is 0.253 e. The van der Waals surface area contributed by atoms with Gasteiger partial charge in [0.2, 0.25) is 5.13 Å². The summed E-state index contributed by atoms with van der Waals surface area (Å²) in [5.41, 5.74) is 5.49. The van der Waals surface area contributed by atoms with Crippen molar-refractivity contribution in [3.05, 3.63) is 71.1 Å². The van der Waals surface area contributed by atoms with Gasteiger partial charge in [0.25, 0.3) is 0 Å². The number of hydrogen-bond donors (Lipinski definition) is 1. The predicted molar refractivity (Wildman–Crippen MR) is 89.9 cm³/mol. The molecule has 4 nitrogen and oxygen atoms in total. The van der Waals surface area contributed by atoms with Crippen LogP contribution in [0.25, 0.3) is 11.3 Å². The van der Waals surface area contributed by atoms with Crippen LogP contribution in [0.4, 0.5) is 5.13 Å². The van der Waals surface area contributed by atoms with Crippen LogP contribution in [0.3, 0.4) is 0 Å². The molecule has 3 rings (SSSR count). The first-order valence-electron chi connectivity index (χ1n) is 6.67. The molecule has 3 aromatic rings. The van der Waals surface area contributed by atoms with E-state index in [1.54, 1.807) is 6.21 Å². The van der Waals surface area contributed by atoms with Crippen LogP contribution in [0, 0.1) is 11.3 Å². The van der Waals surface area contributed by atoms with E-state index >= 15 is 0 Å². The first kappa shape index (κ1) is 14.0. The van der Waals surface area contributed by atoms with E-state index in [4.69, 9.17) is 0 Å². The van der Waals surface area contributed by atoms with Crippen LogP contribution in [0.5, 0.6) is 0 Å². The second kappa shape index (κ2) is 6.66. The Morgan fingerprint density at radius 2 is 1.73 bits per heavy atom. The highest BCUT2D eigenvalue weighted by Gasteiger charge is 2.12. The van der Waals surface area contributed by atoms with Gasteiger partial charge in [-0.15, -0.1) is 0 Å². The molecule has 0 aliphatic carbocycles. The molecule has 0 bridgehead atoms. The number of nitriles is 1. The zero-order valence-corrected chi connectivity index (χ0v) is 12.4. The summed E-state index contributed by atoms with van der Waals surface area (Å²) in [5.74, 6) is 0. The smallest absolute Gasteiger partial charge is 0.205 e. The number of aromatic nitrogens is 1. The lowest BCUT2D eigenvalue weighted by molar-refractivity contribution is 1.28. The second-order valence-corrected chi connectivity index (χ2v) is 5.45. The first-order valence-corrected chi connectivity index (χ1v) is 7.49. The van der Waals surface area contributed by atoms with E-state index in [9.17, 15) is 5.26 Å². The van der Waals surface area contributed by atoms with Crippen molar-refractivity contribution in [3.8, 4) is 17.3 Å². The highest BCUT2D eigenvalue weighted by atomic mass is 32.1. The Hall–Kier alpha value is -2.97. The predicted octanol–water partition coefficient (Wildman–Crippen LogP) is 4.13. The van der Waals surface area contributed by atoms with Crippen LogP contribution >= 0.6 is 11.3 Å². The van der Waals surface area contributed by atoms with Crippen molar-refractivity contribution >= 4 is 22.7 Å². The van der Waals surface area contributed by atoms with Crippen molar-refractivity contribution in [2.75, 3.05) is 5.43 Å². The third-order valence-corrected chi connectivity index (χ3v) is 3.81. The summed E-state index contributed by atoms with van der Waals surface area (Å²) in [4.78, 5) is 5.03. The van der Waals surface area contributed by atoms with Gasteiger partial charge in [0, 0.05) is 5.56 Å². The molecule has 0 aliphatic rings. The molecule has 106 valence electrons. The molecule has 0 aliphatic heterocycles. The second-order valence-electron chi connectivity index (χ2n) is 4.46. The molecule has 5 heteroatoms. The standard InChI is InChI=1S/C17H12N4S/c18-11-15-16(14-9-5-2-6-10-14)20-17(22-15)21-19-12-13-7-3-1-4-8-13/h1-10,12H,(H,20,21)/b19-12+. The average Bonchev–Trinajstić information content (AvgIpc) is 3.00. The monoisotopic (exact) mass is 304 g/mol. The van der Waals surface area contributed by atoms with Crippen molar-refractivity contribution < 1.29 is 0 Å². The molecule has 1 aromatic heterocycles. The average molecular weight is 304 g/mol. The molecule has 0 atom stereocenters. The third-order valence-electron chi connectivity index (χ3n) is 2.95. The van der Waals surface area contributed by atoms with Gasteiger partial charge in [-0.3, -0.25) is 5.43 Å². The lowest BCUT2D eigenvalue weighted by Crippen LogP contribution is -1.89. The summed E-state index contributed by atoms with van der Waals surface area (Å²) in [6, 6.07) is 21.6. The van der Waals surface area contributed by atoms with Gasteiger partial charge in [0.05, 0.1) is 6.21 Å². The Labute approximate surface area is 132 Å². The van der Waals surface area contributed by atoms with E-state index in [-0.39, 0.29) is 0 Å². The molecule has 0 radical (unpaired) electrons. The minimum absolute atomic E-state index is 0.573. The van der Waals surface area contributed by atoms with E-state index in [1.165, 1.54) is 11.3 Å². The number of nitrogens with zero attached hydrogens (tertiary/aromatic N) is 3. The number of anilines is 1. The Morgan fingerprint density at radius 3 is 2.41 bits per heavy atom. The van der Waals surface area contributed by atoms with Crippen LogP contribution in [-0.2, 0) is 0 Å². The molecule has 22 heavy (non-hydrogen) atoms. The molecule has 1 heterocycles. The van der Waals surface area contributed by atoms with Gasteiger partial charge in [-0.25, -0.2) is 4.98 Å². The molecule has 0 unspecified atom stereocenters. The van der Waals surface area contributed by atoms with Gasteiger partial charge in [0.1, 0.15) is 16.6 Å². The van der Waals surface area contributed by atoms with Gasteiger partial charge < -0.3 is 0 Å². The quantitative estimate of drug-likeness (QED) is 0.582. The first-order chi connectivity index (χ1) is 10.9. The lowest BCUT2D eigenvalue weighted by atomic mass is 10.1. The molecule has 0 spiro atoms.